The van der Waals surface area contributed by atoms with Gasteiger partial charge in [0.15, 0.2) is 0 Å². The summed E-state index contributed by atoms with van der Waals surface area (Å²) in [5.74, 6) is -0.594. The molecule has 0 spiro atoms. The van der Waals surface area contributed by atoms with Crippen LogP contribution in [-0.4, -0.2) is 57.3 Å². The Morgan fingerprint density at radius 1 is 0.545 bits per heavy atom. The molecule has 44 heavy (non-hydrogen) atoms. The average Bonchev–Trinajstić information content (AvgIpc) is 3.03. The summed E-state index contributed by atoms with van der Waals surface area (Å²) in [5, 5.41) is 43.4. The van der Waals surface area contributed by atoms with Crippen LogP contribution < -0.4 is 5.32 Å². The van der Waals surface area contributed by atoms with Gasteiger partial charge in [0.05, 0.1) is 18.8 Å². The van der Waals surface area contributed by atoms with Gasteiger partial charge in [0.2, 0.25) is 5.91 Å². The van der Waals surface area contributed by atoms with Gasteiger partial charge >= 0.3 is 0 Å². The Hall–Kier alpha value is -0.950. The molecule has 4 unspecified atom stereocenters. The number of nitrogens with one attached hydrogen (secondary N) is 1. The number of aliphatic hydroxyl groups excluding tert-OH is 4. The van der Waals surface area contributed by atoms with E-state index in [1.807, 2.05) is 0 Å². The average molecular weight is 626 g/mol. The number of aliphatic hydroxyl groups is 4. The molecule has 0 heterocycles. The first kappa shape index (κ1) is 43.0. The van der Waals surface area contributed by atoms with Crippen LogP contribution in [0.1, 0.15) is 194 Å². The minimum atomic E-state index is -1.27. The molecule has 0 aromatic carbocycles. The van der Waals surface area contributed by atoms with Crippen LogP contribution in [-0.2, 0) is 4.79 Å². The molecule has 0 aliphatic carbocycles. The maximum Gasteiger partial charge on any atom is 0.249 e. The summed E-state index contributed by atoms with van der Waals surface area (Å²) in [4.78, 5) is 12.4. The van der Waals surface area contributed by atoms with Gasteiger partial charge in [0, 0.05) is 0 Å². The van der Waals surface area contributed by atoms with Crippen LogP contribution in [0.2, 0.25) is 0 Å². The number of hydrogen-bond acceptors (Lipinski definition) is 5. The smallest absolute Gasteiger partial charge is 0.249 e. The van der Waals surface area contributed by atoms with Gasteiger partial charge in [-0.25, -0.2) is 0 Å². The lowest BCUT2D eigenvalue weighted by Crippen LogP contribution is -2.53. The first-order valence-electron chi connectivity index (χ1n) is 19.1. The fourth-order valence-corrected chi connectivity index (χ4v) is 5.87. The van der Waals surface area contributed by atoms with Crippen molar-refractivity contribution in [1.82, 2.24) is 5.32 Å². The van der Waals surface area contributed by atoms with Crippen molar-refractivity contribution in [1.29, 1.82) is 0 Å². The number of rotatable bonds is 34. The second-order valence-corrected chi connectivity index (χ2v) is 13.3. The Morgan fingerprint density at radius 3 is 1.36 bits per heavy atom. The molecule has 262 valence electrons. The Kier molecular flexibility index (Phi) is 32.7. The van der Waals surface area contributed by atoms with Crippen molar-refractivity contribution in [3.63, 3.8) is 0 Å². The van der Waals surface area contributed by atoms with Crippen LogP contribution in [0.25, 0.3) is 0 Å². The summed E-state index contributed by atoms with van der Waals surface area (Å²) in [6.07, 6.45) is 33.8. The highest BCUT2D eigenvalue weighted by Gasteiger charge is 2.28. The molecule has 0 aliphatic rings. The quantitative estimate of drug-likeness (QED) is 0.0362. The van der Waals surface area contributed by atoms with Crippen LogP contribution in [0.15, 0.2) is 12.2 Å². The number of amides is 1. The monoisotopic (exact) mass is 626 g/mol. The zero-order valence-electron chi connectivity index (χ0n) is 29.2. The molecule has 6 nitrogen and oxygen atoms in total. The SMILES string of the molecule is CCCCCCCCCCCCC/C=C/CCCC(O)C(O)C(CO)NC(=O)C(O)CCCCCCCCCCCCCC. The van der Waals surface area contributed by atoms with E-state index in [-0.39, 0.29) is 0 Å². The Bertz CT molecular complexity index is 628. The third-order valence-electron chi connectivity index (χ3n) is 8.98. The van der Waals surface area contributed by atoms with Crippen molar-refractivity contribution in [2.75, 3.05) is 6.61 Å². The number of unbranched alkanes of at least 4 members (excludes halogenated alkanes) is 23. The summed E-state index contributed by atoms with van der Waals surface area (Å²) in [5.41, 5.74) is 0. The summed E-state index contributed by atoms with van der Waals surface area (Å²) < 4.78 is 0. The molecular weight excluding hydrogens is 550 g/mol. The Balaban J connectivity index is 3.83. The van der Waals surface area contributed by atoms with Gasteiger partial charge in [-0.2, -0.15) is 0 Å². The van der Waals surface area contributed by atoms with Gasteiger partial charge in [0.25, 0.3) is 0 Å². The number of carbonyl (C=O) groups is 1. The van der Waals surface area contributed by atoms with E-state index in [2.05, 4.69) is 31.3 Å². The van der Waals surface area contributed by atoms with Crippen molar-refractivity contribution in [3.05, 3.63) is 12.2 Å². The molecule has 0 radical (unpaired) electrons. The highest BCUT2D eigenvalue weighted by molar-refractivity contribution is 5.80. The van der Waals surface area contributed by atoms with Gasteiger partial charge < -0.3 is 25.7 Å². The van der Waals surface area contributed by atoms with E-state index in [9.17, 15) is 25.2 Å². The number of allylic oxidation sites excluding steroid dienone is 2. The van der Waals surface area contributed by atoms with Gasteiger partial charge in [0.1, 0.15) is 12.2 Å². The van der Waals surface area contributed by atoms with E-state index < -0.39 is 36.9 Å². The molecule has 4 atom stereocenters. The topological polar surface area (TPSA) is 110 Å². The molecular formula is C38H75NO5. The highest BCUT2D eigenvalue weighted by Crippen LogP contribution is 2.15. The van der Waals surface area contributed by atoms with Gasteiger partial charge in [-0.1, -0.05) is 167 Å². The molecule has 0 aromatic rings. The first-order valence-corrected chi connectivity index (χ1v) is 19.1. The third kappa shape index (κ3) is 27.4. The van der Waals surface area contributed by atoms with E-state index in [1.165, 1.54) is 128 Å². The van der Waals surface area contributed by atoms with Crippen molar-refractivity contribution < 1.29 is 25.2 Å². The van der Waals surface area contributed by atoms with E-state index in [4.69, 9.17) is 0 Å². The molecule has 1 amide bonds. The highest BCUT2D eigenvalue weighted by atomic mass is 16.3. The first-order chi connectivity index (χ1) is 21.5. The van der Waals surface area contributed by atoms with Crippen molar-refractivity contribution in [2.24, 2.45) is 0 Å². The molecule has 0 aliphatic heterocycles. The summed E-state index contributed by atoms with van der Waals surface area (Å²) >= 11 is 0. The van der Waals surface area contributed by atoms with E-state index in [0.29, 0.717) is 12.8 Å². The maximum absolute atomic E-state index is 12.4. The minimum Gasteiger partial charge on any atom is -0.394 e. The van der Waals surface area contributed by atoms with Crippen LogP contribution in [0, 0.1) is 0 Å². The fourth-order valence-electron chi connectivity index (χ4n) is 5.87. The fraction of sp³-hybridized carbons (Fsp3) is 0.921. The minimum absolute atomic E-state index is 0.367. The number of carbonyl (C=O) groups excluding carboxylic acids is 1. The molecule has 0 fully saturated rings. The van der Waals surface area contributed by atoms with Crippen molar-refractivity contribution in [3.8, 4) is 0 Å². The van der Waals surface area contributed by atoms with Gasteiger partial charge in [-0.3, -0.25) is 4.79 Å². The van der Waals surface area contributed by atoms with Crippen LogP contribution >= 0.6 is 0 Å². The molecule has 5 N–H and O–H groups in total. The molecule has 6 heteroatoms. The second kappa shape index (κ2) is 33.4. The molecule has 0 aromatic heterocycles. The van der Waals surface area contributed by atoms with Gasteiger partial charge in [-0.15, -0.1) is 0 Å². The normalized spacial score (nSPS) is 14.6. The molecule has 0 saturated carbocycles. The Labute approximate surface area is 272 Å². The summed E-state index contributed by atoms with van der Waals surface area (Å²) in [7, 11) is 0. The summed E-state index contributed by atoms with van der Waals surface area (Å²) in [6, 6.07) is -0.995. The van der Waals surface area contributed by atoms with Crippen molar-refractivity contribution >= 4 is 5.91 Å². The van der Waals surface area contributed by atoms with E-state index in [1.54, 1.807) is 0 Å². The summed E-state index contributed by atoms with van der Waals surface area (Å²) in [6.45, 7) is 4.02. The number of hydrogen-bond donors (Lipinski definition) is 5. The lowest BCUT2D eigenvalue weighted by Gasteiger charge is -2.27. The van der Waals surface area contributed by atoms with E-state index in [0.717, 1.165) is 38.5 Å². The predicted octanol–water partition coefficient (Wildman–Crippen LogP) is 9.07. The van der Waals surface area contributed by atoms with E-state index >= 15 is 0 Å². The predicted molar refractivity (Wildman–Crippen MR) is 187 cm³/mol. The largest absolute Gasteiger partial charge is 0.394 e. The molecule has 0 bridgehead atoms. The maximum atomic E-state index is 12.4. The standard InChI is InChI=1S/C38H75NO5/c1-3-5-7-9-11-13-15-17-18-19-20-22-23-25-27-29-31-35(41)37(43)34(33-40)39-38(44)36(42)32-30-28-26-24-21-16-14-12-10-8-6-4-2/h23,25,34-37,40-43H,3-22,24,26-33H2,1-2H3,(H,39,44)/b25-23+. The van der Waals surface area contributed by atoms with Crippen molar-refractivity contribution in [2.45, 2.75) is 218 Å². The lowest BCUT2D eigenvalue weighted by molar-refractivity contribution is -0.132. The van der Waals surface area contributed by atoms with Crippen LogP contribution in [0.5, 0.6) is 0 Å². The lowest BCUT2D eigenvalue weighted by atomic mass is 10.00. The zero-order chi connectivity index (χ0) is 32.5. The van der Waals surface area contributed by atoms with Crippen LogP contribution in [0.4, 0.5) is 0 Å². The second-order valence-electron chi connectivity index (χ2n) is 13.3. The Morgan fingerprint density at radius 2 is 0.932 bits per heavy atom. The molecule has 0 saturated heterocycles. The third-order valence-corrected chi connectivity index (χ3v) is 8.98. The van der Waals surface area contributed by atoms with Crippen LogP contribution in [0.3, 0.4) is 0 Å². The van der Waals surface area contributed by atoms with Gasteiger partial charge in [-0.05, 0) is 38.5 Å². The zero-order valence-corrected chi connectivity index (χ0v) is 29.2. The molecule has 0 rings (SSSR count).